The van der Waals surface area contributed by atoms with Gasteiger partial charge in [-0.25, -0.2) is 4.98 Å². The molecule has 0 amide bonds. The van der Waals surface area contributed by atoms with E-state index in [0.29, 0.717) is 12.4 Å². The summed E-state index contributed by atoms with van der Waals surface area (Å²) in [4.78, 5) is 4.53. The van der Waals surface area contributed by atoms with E-state index in [-0.39, 0.29) is 0 Å². The smallest absolute Gasteiger partial charge is 0.138 e. The molecule has 0 aliphatic rings. The Kier molecular flexibility index (Phi) is 4.63. The van der Waals surface area contributed by atoms with Gasteiger partial charge in [0.25, 0.3) is 0 Å². The number of hydrogen-bond acceptors (Lipinski definition) is 3. The van der Waals surface area contributed by atoms with Crippen molar-refractivity contribution in [1.29, 1.82) is 0 Å². The van der Waals surface area contributed by atoms with Gasteiger partial charge in [0.05, 0.1) is 17.6 Å². The Morgan fingerprint density at radius 2 is 2.00 bits per heavy atom. The van der Waals surface area contributed by atoms with Gasteiger partial charge in [-0.1, -0.05) is 24.3 Å². The summed E-state index contributed by atoms with van der Waals surface area (Å²) in [5.41, 5.74) is 3.17. The molecule has 3 rings (SSSR count). The second-order valence-corrected chi connectivity index (χ2v) is 5.80. The summed E-state index contributed by atoms with van der Waals surface area (Å²) in [5, 5.41) is 9.96. The first-order chi connectivity index (χ1) is 11.1. The number of rotatable bonds is 6. The van der Waals surface area contributed by atoms with Crippen LogP contribution in [0.25, 0.3) is 11.0 Å². The quantitative estimate of drug-likeness (QED) is 0.703. The number of aliphatic hydroxyl groups is 1. The van der Waals surface area contributed by atoms with Crippen LogP contribution in [0.4, 0.5) is 0 Å². The average molecular weight is 310 g/mol. The molecule has 0 bridgehead atoms. The monoisotopic (exact) mass is 310 g/mol. The Hall–Kier alpha value is -2.33. The third-order valence-electron chi connectivity index (χ3n) is 3.84. The highest BCUT2D eigenvalue weighted by atomic mass is 16.5. The van der Waals surface area contributed by atoms with E-state index >= 15 is 0 Å². The highest BCUT2D eigenvalue weighted by Crippen LogP contribution is 2.21. The van der Waals surface area contributed by atoms with Crippen molar-refractivity contribution in [3.05, 3.63) is 59.9 Å². The van der Waals surface area contributed by atoms with Crippen molar-refractivity contribution in [2.75, 3.05) is 6.61 Å². The maximum Gasteiger partial charge on any atom is 0.138 e. The second-order valence-electron chi connectivity index (χ2n) is 5.80. The lowest BCUT2D eigenvalue weighted by Crippen LogP contribution is -2.09. The molecule has 4 heteroatoms. The van der Waals surface area contributed by atoms with E-state index in [1.54, 1.807) is 6.92 Å². The molecule has 0 aliphatic heterocycles. The number of hydrogen-bond donors (Lipinski definition) is 1. The third-order valence-corrected chi connectivity index (χ3v) is 3.84. The van der Waals surface area contributed by atoms with Gasteiger partial charge in [-0.2, -0.15) is 0 Å². The summed E-state index contributed by atoms with van der Waals surface area (Å²) in [5.74, 6) is 1.61. The molecule has 2 aromatic carbocycles. The van der Waals surface area contributed by atoms with Crippen LogP contribution in [0.2, 0.25) is 0 Å². The van der Waals surface area contributed by atoms with E-state index < -0.39 is 6.10 Å². The van der Waals surface area contributed by atoms with E-state index in [0.717, 1.165) is 29.7 Å². The standard InChI is InChI=1S/C19H22N2O2/c1-14-7-5-8-16(13-14)23-12-6-11-21-18-10-4-3-9-17(18)20-19(21)15(2)22/h3-5,7-10,13,15,22H,6,11-12H2,1-2H3. The number of aromatic nitrogens is 2. The molecule has 1 N–H and O–H groups in total. The summed E-state index contributed by atoms with van der Waals surface area (Å²) >= 11 is 0. The summed E-state index contributed by atoms with van der Waals surface area (Å²) in [6, 6.07) is 16.0. The van der Waals surface area contributed by atoms with Gasteiger partial charge in [-0.15, -0.1) is 0 Å². The number of imidazole rings is 1. The fourth-order valence-electron chi connectivity index (χ4n) is 2.77. The van der Waals surface area contributed by atoms with Gasteiger partial charge >= 0.3 is 0 Å². The van der Waals surface area contributed by atoms with Crippen LogP contribution in [-0.4, -0.2) is 21.3 Å². The molecule has 0 saturated carbocycles. The van der Waals surface area contributed by atoms with Crippen LogP contribution in [-0.2, 0) is 6.54 Å². The summed E-state index contributed by atoms with van der Waals surface area (Å²) in [6.45, 7) is 5.21. The van der Waals surface area contributed by atoms with Crippen LogP contribution < -0.4 is 4.74 Å². The van der Waals surface area contributed by atoms with E-state index in [2.05, 4.69) is 22.5 Å². The molecule has 1 aromatic heterocycles. The molecule has 0 aliphatic carbocycles. The topological polar surface area (TPSA) is 47.3 Å². The van der Waals surface area contributed by atoms with Gasteiger partial charge in [0.2, 0.25) is 0 Å². The third kappa shape index (κ3) is 3.54. The van der Waals surface area contributed by atoms with Crippen molar-refractivity contribution >= 4 is 11.0 Å². The van der Waals surface area contributed by atoms with Gasteiger partial charge in [0, 0.05) is 6.54 Å². The van der Waals surface area contributed by atoms with Crippen LogP contribution in [0.15, 0.2) is 48.5 Å². The predicted octanol–water partition coefficient (Wildman–Crippen LogP) is 3.87. The van der Waals surface area contributed by atoms with Crippen molar-refractivity contribution in [3.63, 3.8) is 0 Å². The molecule has 4 nitrogen and oxygen atoms in total. The van der Waals surface area contributed by atoms with E-state index in [1.165, 1.54) is 5.56 Å². The van der Waals surface area contributed by atoms with Crippen molar-refractivity contribution in [1.82, 2.24) is 9.55 Å². The molecule has 0 fully saturated rings. The fraction of sp³-hybridized carbons (Fsp3) is 0.316. The van der Waals surface area contributed by atoms with Gasteiger partial charge in [0.1, 0.15) is 17.7 Å². The largest absolute Gasteiger partial charge is 0.494 e. The van der Waals surface area contributed by atoms with Gasteiger partial charge < -0.3 is 14.4 Å². The first kappa shape index (κ1) is 15.6. The van der Waals surface area contributed by atoms with E-state index in [1.807, 2.05) is 42.5 Å². The number of benzene rings is 2. The second kappa shape index (κ2) is 6.84. The van der Waals surface area contributed by atoms with Gasteiger partial charge in [0.15, 0.2) is 0 Å². The van der Waals surface area contributed by atoms with Crippen LogP contribution in [0.5, 0.6) is 5.75 Å². The Bertz CT molecular complexity index is 793. The highest BCUT2D eigenvalue weighted by molar-refractivity contribution is 5.75. The molecule has 1 heterocycles. The molecule has 0 saturated heterocycles. The number of aliphatic hydroxyl groups excluding tert-OH is 1. The van der Waals surface area contributed by atoms with Crippen molar-refractivity contribution < 1.29 is 9.84 Å². The van der Waals surface area contributed by atoms with Crippen molar-refractivity contribution in [2.45, 2.75) is 32.9 Å². The summed E-state index contributed by atoms with van der Waals surface area (Å²) in [7, 11) is 0. The van der Waals surface area contributed by atoms with Crippen molar-refractivity contribution in [2.24, 2.45) is 0 Å². The zero-order chi connectivity index (χ0) is 16.2. The van der Waals surface area contributed by atoms with Crippen LogP contribution in [0.1, 0.15) is 30.8 Å². The Labute approximate surface area is 136 Å². The summed E-state index contributed by atoms with van der Waals surface area (Å²) < 4.78 is 7.88. The molecule has 23 heavy (non-hydrogen) atoms. The Morgan fingerprint density at radius 1 is 1.17 bits per heavy atom. The van der Waals surface area contributed by atoms with E-state index in [9.17, 15) is 5.11 Å². The molecular weight excluding hydrogens is 288 g/mol. The lowest BCUT2D eigenvalue weighted by molar-refractivity contribution is 0.183. The number of aryl methyl sites for hydroxylation is 2. The average Bonchev–Trinajstić information content (AvgIpc) is 2.91. The molecule has 1 unspecified atom stereocenters. The Balaban J connectivity index is 1.68. The number of nitrogens with zero attached hydrogens (tertiary/aromatic N) is 2. The predicted molar refractivity (Wildman–Crippen MR) is 91.7 cm³/mol. The maximum absolute atomic E-state index is 9.96. The molecule has 120 valence electrons. The molecule has 1 atom stereocenters. The normalized spacial score (nSPS) is 12.5. The molecule has 0 spiro atoms. The zero-order valence-electron chi connectivity index (χ0n) is 13.6. The SMILES string of the molecule is Cc1cccc(OCCCn2c(C(C)O)nc3ccccc32)c1. The maximum atomic E-state index is 9.96. The van der Waals surface area contributed by atoms with Crippen LogP contribution in [0, 0.1) is 6.92 Å². The zero-order valence-corrected chi connectivity index (χ0v) is 13.6. The van der Waals surface area contributed by atoms with Crippen LogP contribution >= 0.6 is 0 Å². The lowest BCUT2D eigenvalue weighted by atomic mass is 10.2. The molecule has 0 radical (unpaired) electrons. The number of para-hydroxylation sites is 2. The minimum absolute atomic E-state index is 0.583. The van der Waals surface area contributed by atoms with Gasteiger partial charge in [-0.05, 0) is 50.1 Å². The van der Waals surface area contributed by atoms with Crippen molar-refractivity contribution in [3.8, 4) is 5.75 Å². The minimum atomic E-state index is -0.583. The first-order valence-electron chi connectivity index (χ1n) is 7.98. The lowest BCUT2D eigenvalue weighted by Gasteiger charge is -2.12. The van der Waals surface area contributed by atoms with Crippen LogP contribution in [0.3, 0.4) is 0 Å². The fourth-order valence-corrected chi connectivity index (χ4v) is 2.77. The van der Waals surface area contributed by atoms with Gasteiger partial charge in [-0.3, -0.25) is 0 Å². The Morgan fingerprint density at radius 3 is 2.78 bits per heavy atom. The minimum Gasteiger partial charge on any atom is -0.494 e. The first-order valence-corrected chi connectivity index (χ1v) is 7.98. The molecular formula is C19H22N2O2. The number of ether oxygens (including phenoxy) is 1. The van der Waals surface area contributed by atoms with E-state index in [4.69, 9.17) is 4.74 Å². The number of fused-ring (bicyclic) bond motifs is 1. The highest BCUT2D eigenvalue weighted by Gasteiger charge is 2.14. The summed E-state index contributed by atoms with van der Waals surface area (Å²) in [6.07, 6.45) is 0.272. The molecule has 3 aromatic rings.